The van der Waals surface area contributed by atoms with Gasteiger partial charge in [-0.3, -0.25) is 4.90 Å². The molecule has 0 amide bonds. The summed E-state index contributed by atoms with van der Waals surface area (Å²) in [5.41, 5.74) is 1.15. The molecule has 0 saturated carbocycles. The van der Waals surface area contributed by atoms with Crippen LogP contribution in [0, 0.1) is 0 Å². The van der Waals surface area contributed by atoms with E-state index in [1.165, 1.54) is 12.8 Å². The van der Waals surface area contributed by atoms with Crippen LogP contribution in [0.2, 0.25) is 0 Å². The Morgan fingerprint density at radius 2 is 1.62 bits per heavy atom. The van der Waals surface area contributed by atoms with Gasteiger partial charge in [-0.1, -0.05) is 42.5 Å². The molecular formula is C18H21BrN2O2S. The number of nitrogens with zero attached hydrogens (tertiary/aromatic N) is 1. The third-order valence-electron chi connectivity index (χ3n) is 4.36. The first-order valence-electron chi connectivity index (χ1n) is 8.11. The number of hydrogen-bond acceptors (Lipinski definition) is 3. The predicted octanol–water partition coefficient (Wildman–Crippen LogP) is 3.56. The fourth-order valence-corrected chi connectivity index (χ4v) is 5.15. The summed E-state index contributed by atoms with van der Waals surface area (Å²) in [6.45, 7) is 2.39. The second-order valence-electron chi connectivity index (χ2n) is 5.95. The van der Waals surface area contributed by atoms with E-state index >= 15 is 0 Å². The average Bonchev–Trinajstić information content (AvgIpc) is 3.10. The number of likely N-dealkylation sites (tertiary alicyclic amines) is 1. The molecule has 1 aliphatic heterocycles. The van der Waals surface area contributed by atoms with Gasteiger partial charge >= 0.3 is 0 Å². The van der Waals surface area contributed by atoms with Gasteiger partial charge < -0.3 is 0 Å². The molecule has 1 N–H and O–H groups in total. The van der Waals surface area contributed by atoms with Crippen molar-refractivity contribution in [3.05, 3.63) is 64.6 Å². The lowest BCUT2D eigenvalue weighted by Crippen LogP contribution is -2.36. The molecule has 2 aromatic rings. The van der Waals surface area contributed by atoms with Gasteiger partial charge in [0.25, 0.3) is 0 Å². The first-order valence-corrected chi connectivity index (χ1v) is 10.4. The molecule has 0 aromatic heterocycles. The minimum Gasteiger partial charge on any atom is -0.295 e. The Labute approximate surface area is 152 Å². The molecule has 0 bridgehead atoms. The van der Waals surface area contributed by atoms with Crippen LogP contribution in [0.5, 0.6) is 0 Å². The van der Waals surface area contributed by atoms with Crippen LogP contribution in [0.1, 0.15) is 24.4 Å². The number of nitrogens with one attached hydrogen (secondary N) is 1. The Morgan fingerprint density at radius 1 is 1.00 bits per heavy atom. The van der Waals surface area contributed by atoms with E-state index in [1.54, 1.807) is 24.3 Å². The van der Waals surface area contributed by atoms with Crippen LogP contribution in [0.4, 0.5) is 0 Å². The van der Waals surface area contributed by atoms with Gasteiger partial charge in [0.1, 0.15) is 0 Å². The SMILES string of the molecule is O=S(=O)(NC[C@@H](c1ccccc1)N1CCCC1)c1ccccc1Br. The molecular weight excluding hydrogens is 388 g/mol. The van der Waals surface area contributed by atoms with E-state index in [9.17, 15) is 8.42 Å². The second kappa shape index (κ2) is 7.78. The molecule has 3 rings (SSSR count). The summed E-state index contributed by atoms with van der Waals surface area (Å²) >= 11 is 3.32. The van der Waals surface area contributed by atoms with Crippen molar-refractivity contribution >= 4 is 26.0 Å². The lowest BCUT2D eigenvalue weighted by molar-refractivity contribution is 0.246. The molecule has 0 spiro atoms. The molecule has 1 aliphatic rings. The minimum absolute atomic E-state index is 0.0611. The fraction of sp³-hybridized carbons (Fsp3) is 0.333. The number of benzene rings is 2. The van der Waals surface area contributed by atoms with Gasteiger partial charge in [0, 0.05) is 17.1 Å². The molecule has 1 atom stereocenters. The van der Waals surface area contributed by atoms with Crippen LogP contribution < -0.4 is 4.72 Å². The maximum atomic E-state index is 12.6. The maximum Gasteiger partial charge on any atom is 0.241 e. The largest absolute Gasteiger partial charge is 0.295 e. The summed E-state index contributed by atoms with van der Waals surface area (Å²) in [5, 5.41) is 0. The van der Waals surface area contributed by atoms with Gasteiger partial charge in [-0.25, -0.2) is 13.1 Å². The van der Waals surface area contributed by atoms with Crippen molar-refractivity contribution in [1.29, 1.82) is 0 Å². The Kier molecular flexibility index (Phi) is 5.71. The highest BCUT2D eigenvalue weighted by molar-refractivity contribution is 9.10. The summed E-state index contributed by atoms with van der Waals surface area (Å²) in [4.78, 5) is 2.64. The Balaban J connectivity index is 1.80. The smallest absolute Gasteiger partial charge is 0.241 e. The standard InChI is InChI=1S/C18H21BrN2O2S/c19-16-10-4-5-11-18(16)24(22,23)20-14-17(21-12-6-7-13-21)15-8-2-1-3-9-15/h1-5,8-11,17,20H,6-7,12-14H2/t17-/m0/s1. The summed E-state index contributed by atoms with van der Waals surface area (Å²) in [5.74, 6) is 0. The Bertz CT molecular complexity index is 775. The van der Waals surface area contributed by atoms with Crippen molar-refractivity contribution in [1.82, 2.24) is 9.62 Å². The summed E-state index contributed by atoms with van der Waals surface area (Å²) in [7, 11) is -3.55. The van der Waals surface area contributed by atoms with Crippen molar-refractivity contribution in [3.63, 3.8) is 0 Å². The molecule has 1 fully saturated rings. The van der Waals surface area contributed by atoms with Crippen molar-refractivity contribution in [3.8, 4) is 0 Å². The molecule has 1 heterocycles. The zero-order valence-corrected chi connectivity index (χ0v) is 15.8. The molecule has 6 heteroatoms. The third kappa shape index (κ3) is 4.06. The van der Waals surface area contributed by atoms with Gasteiger partial charge in [0.2, 0.25) is 10.0 Å². The van der Waals surface area contributed by atoms with Crippen molar-refractivity contribution in [2.24, 2.45) is 0 Å². The van der Waals surface area contributed by atoms with Gasteiger partial charge in [0.15, 0.2) is 0 Å². The highest BCUT2D eigenvalue weighted by Crippen LogP contribution is 2.26. The van der Waals surface area contributed by atoms with Crippen LogP contribution in [0.3, 0.4) is 0 Å². The Hall–Kier alpha value is -1.21. The van der Waals surface area contributed by atoms with E-state index in [0.29, 0.717) is 11.0 Å². The monoisotopic (exact) mass is 408 g/mol. The summed E-state index contributed by atoms with van der Waals surface area (Å²) in [6, 6.07) is 17.1. The average molecular weight is 409 g/mol. The highest BCUT2D eigenvalue weighted by atomic mass is 79.9. The van der Waals surface area contributed by atoms with E-state index in [2.05, 4.69) is 37.7 Å². The topological polar surface area (TPSA) is 49.4 Å². The number of sulfonamides is 1. The zero-order valence-electron chi connectivity index (χ0n) is 13.4. The first-order chi connectivity index (χ1) is 11.6. The number of hydrogen-bond donors (Lipinski definition) is 1. The van der Waals surface area contributed by atoms with Crippen LogP contribution in [0.25, 0.3) is 0 Å². The summed E-state index contributed by atoms with van der Waals surface area (Å²) < 4.78 is 28.7. The van der Waals surface area contributed by atoms with E-state index in [0.717, 1.165) is 18.7 Å². The fourth-order valence-electron chi connectivity index (χ4n) is 3.12. The molecule has 128 valence electrons. The van der Waals surface area contributed by atoms with Crippen LogP contribution >= 0.6 is 15.9 Å². The molecule has 0 radical (unpaired) electrons. The quantitative estimate of drug-likeness (QED) is 0.794. The van der Waals surface area contributed by atoms with E-state index in [-0.39, 0.29) is 10.9 Å². The van der Waals surface area contributed by atoms with Crippen LogP contribution in [-0.2, 0) is 10.0 Å². The van der Waals surface area contributed by atoms with Gasteiger partial charge in [-0.15, -0.1) is 0 Å². The predicted molar refractivity (Wildman–Crippen MR) is 99.3 cm³/mol. The van der Waals surface area contributed by atoms with Crippen molar-refractivity contribution < 1.29 is 8.42 Å². The van der Waals surface area contributed by atoms with Gasteiger partial charge in [-0.05, 0) is 59.6 Å². The lowest BCUT2D eigenvalue weighted by atomic mass is 10.1. The molecule has 4 nitrogen and oxygen atoms in total. The van der Waals surface area contributed by atoms with Crippen LogP contribution in [-0.4, -0.2) is 33.0 Å². The van der Waals surface area contributed by atoms with E-state index < -0.39 is 10.0 Å². The van der Waals surface area contributed by atoms with Crippen LogP contribution in [0.15, 0.2) is 64.0 Å². The first kappa shape index (κ1) is 17.6. The van der Waals surface area contributed by atoms with Gasteiger partial charge in [0.05, 0.1) is 4.90 Å². The molecule has 0 aliphatic carbocycles. The molecule has 1 saturated heterocycles. The summed E-state index contributed by atoms with van der Waals surface area (Å²) in [6.07, 6.45) is 2.33. The highest BCUT2D eigenvalue weighted by Gasteiger charge is 2.26. The normalized spacial score (nSPS) is 17.0. The number of halogens is 1. The molecule has 2 aromatic carbocycles. The lowest BCUT2D eigenvalue weighted by Gasteiger charge is -2.28. The minimum atomic E-state index is -3.55. The Morgan fingerprint density at radius 3 is 2.29 bits per heavy atom. The maximum absolute atomic E-state index is 12.6. The number of rotatable bonds is 6. The molecule has 0 unspecified atom stereocenters. The second-order valence-corrected chi connectivity index (χ2v) is 8.54. The van der Waals surface area contributed by atoms with E-state index in [4.69, 9.17) is 0 Å². The van der Waals surface area contributed by atoms with Gasteiger partial charge in [-0.2, -0.15) is 0 Å². The zero-order chi connectivity index (χ0) is 17.0. The van der Waals surface area contributed by atoms with Crippen molar-refractivity contribution in [2.45, 2.75) is 23.8 Å². The third-order valence-corrected chi connectivity index (χ3v) is 6.79. The van der Waals surface area contributed by atoms with E-state index in [1.807, 2.05) is 18.2 Å². The molecule has 24 heavy (non-hydrogen) atoms. The van der Waals surface area contributed by atoms with Crippen molar-refractivity contribution in [2.75, 3.05) is 19.6 Å².